The number of methoxy groups -OCH3 is 2. The van der Waals surface area contributed by atoms with Gasteiger partial charge in [0.25, 0.3) is 0 Å². The molecule has 21 heavy (non-hydrogen) atoms. The highest BCUT2D eigenvalue weighted by molar-refractivity contribution is 5.57. The first-order valence-corrected chi connectivity index (χ1v) is 6.73. The lowest BCUT2D eigenvalue weighted by molar-refractivity contribution is 0.263. The van der Waals surface area contributed by atoms with Gasteiger partial charge in [-0.1, -0.05) is 30.3 Å². The zero-order valence-corrected chi connectivity index (χ0v) is 12.6. The highest BCUT2D eigenvalue weighted by Crippen LogP contribution is 2.40. The number of hydrogen-bond acceptors (Lipinski definition) is 4. The molecule has 2 rings (SSSR count). The van der Waals surface area contributed by atoms with Crippen molar-refractivity contribution in [3.63, 3.8) is 0 Å². The summed E-state index contributed by atoms with van der Waals surface area (Å²) in [6, 6.07) is 11.7. The van der Waals surface area contributed by atoms with Gasteiger partial charge in [0, 0.05) is 11.1 Å². The van der Waals surface area contributed by atoms with E-state index < -0.39 is 0 Å². The van der Waals surface area contributed by atoms with E-state index in [9.17, 15) is 5.11 Å². The first kappa shape index (κ1) is 15.2. The molecule has 2 aromatic carbocycles. The Morgan fingerprint density at radius 2 is 1.67 bits per heavy atom. The number of ether oxygens (including phenoxy) is 3. The van der Waals surface area contributed by atoms with Gasteiger partial charge in [-0.3, -0.25) is 0 Å². The van der Waals surface area contributed by atoms with Crippen molar-refractivity contribution >= 4 is 0 Å². The minimum Gasteiger partial charge on any atom is -0.492 e. The third-order valence-corrected chi connectivity index (χ3v) is 3.33. The zero-order valence-electron chi connectivity index (χ0n) is 12.6. The molecule has 0 aromatic heterocycles. The molecular weight excluding hydrogens is 268 g/mol. The van der Waals surface area contributed by atoms with Crippen LogP contribution in [0.4, 0.5) is 0 Å². The summed E-state index contributed by atoms with van der Waals surface area (Å²) in [7, 11) is 3.13. The molecule has 0 saturated heterocycles. The Morgan fingerprint density at radius 3 is 2.24 bits per heavy atom. The van der Waals surface area contributed by atoms with E-state index in [-0.39, 0.29) is 6.61 Å². The van der Waals surface area contributed by atoms with Gasteiger partial charge in [-0.05, 0) is 18.6 Å². The smallest absolute Gasteiger partial charge is 0.167 e. The van der Waals surface area contributed by atoms with Gasteiger partial charge in [-0.2, -0.15) is 0 Å². The average Bonchev–Trinajstić information content (AvgIpc) is 2.54. The Kier molecular flexibility index (Phi) is 5.06. The Morgan fingerprint density at radius 1 is 1.00 bits per heavy atom. The van der Waals surface area contributed by atoms with Crippen molar-refractivity contribution in [2.75, 3.05) is 14.2 Å². The summed E-state index contributed by atoms with van der Waals surface area (Å²) >= 11 is 0. The van der Waals surface area contributed by atoms with Crippen molar-refractivity contribution < 1.29 is 19.3 Å². The summed E-state index contributed by atoms with van der Waals surface area (Å²) in [4.78, 5) is 0. The average molecular weight is 288 g/mol. The van der Waals surface area contributed by atoms with Crippen LogP contribution >= 0.6 is 0 Å². The van der Waals surface area contributed by atoms with Crippen LogP contribution in [0.3, 0.4) is 0 Å². The van der Waals surface area contributed by atoms with Crippen LogP contribution < -0.4 is 14.2 Å². The van der Waals surface area contributed by atoms with Crippen LogP contribution in [0.25, 0.3) is 0 Å². The van der Waals surface area contributed by atoms with Crippen LogP contribution in [0, 0.1) is 6.92 Å². The third-order valence-electron chi connectivity index (χ3n) is 3.33. The predicted molar refractivity (Wildman–Crippen MR) is 81.0 cm³/mol. The van der Waals surface area contributed by atoms with Gasteiger partial charge in [-0.15, -0.1) is 0 Å². The molecule has 0 aliphatic carbocycles. The SMILES string of the molecule is COc1c(CO)cc(OCc2ccccc2)c(C)c1OC. The molecule has 0 aliphatic heterocycles. The van der Waals surface area contributed by atoms with E-state index in [1.165, 1.54) is 0 Å². The number of aliphatic hydroxyl groups excluding tert-OH is 1. The lowest BCUT2D eigenvalue weighted by Gasteiger charge is -2.18. The van der Waals surface area contributed by atoms with Crippen molar-refractivity contribution in [2.24, 2.45) is 0 Å². The van der Waals surface area contributed by atoms with Crippen molar-refractivity contribution in [3.05, 3.63) is 53.1 Å². The molecule has 0 spiro atoms. The summed E-state index contributed by atoms with van der Waals surface area (Å²) in [5, 5.41) is 9.48. The maximum absolute atomic E-state index is 9.48. The van der Waals surface area contributed by atoms with Crippen LogP contribution in [0.2, 0.25) is 0 Å². The molecule has 112 valence electrons. The molecule has 4 heteroatoms. The molecule has 0 heterocycles. The van der Waals surface area contributed by atoms with Crippen molar-refractivity contribution in [3.8, 4) is 17.2 Å². The highest BCUT2D eigenvalue weighted by atomic mass is 16.5. The second-order valence-corrected chi connectivity index (χ2v) is 4.66. The van der Waals surface area contributed by atoms with Crippen LogP contribution in [-0.4, -0.2) is 19.3 Å². The van der Waals surface area contributed by atoms with Crippen LogP contribution in [0.5, 0.6) is 17.2 Å². The molecule has 0 aliphatic rings. The molecule has 0 atom stereocenters. The molecule has 4 nitrogen and oxygen atoms in total. The van der Waals surface area contributed by atoms with Crippen LogP contribution in [0.15, 0.2) is 36.4 Å². The molecular formula is C17H20O4. The van der Waals surface area contributed by atoms with Crippen molar-refractivity contribution in [1.29, 1.82) is 0 Å². The number of aliphatic hydroxyl groups is 1. The van der Waals surface area contributed by atoms with E-state index in [2.05, 4.69) is 0 Å². The lowest BCUT2D eigenvalue weighted by atomic mass is 10.1. The molecule has 0 amide bonds. The van der Waals surface area contributed by atoms with Gasteiger partial charge >= 0.3 is 0 Å². The standard InChI is InChI=1S/C17H20O4/c1-12-15(21-11-13-7-5-4-6-8-13)9-14(10-18)17(20-3)16(12)19-2/h4-9,18H,10-11H2,1-3H3. The van der Waals surface area contributed by atoms with Crippen molar-refractivity contribution in [1.82, 2.24) is 0 Å². The minimum absolute atomic E-state index is 0.137. The molecule has 0 bridgehead atoms. The van der Waals surface area contributed by atoms with Crippen LogP contribution in [0.1, 0.15) is 16.7 Å². The van der Waals surface area contributed by atoms with E-state index in [0.717, 1.165) is 11.1 Å². The molecule has 0 radical (unpaired) electrons. The quantitative estimate of drug-likeness (QED) is 0.887. The zero-order chi connectivity index (χ0) is 15.2. The lowest BCUT2D eigenvalue weighted by Crippen LogP contribution is -2.03. The summed E-state index contributed by atoms with van der Waals surface area (Å²) in [5.74, 6) is 1.82. The van der Waals surface area contributed by atoms with E-state index in [4.69, 9.17) is 14.2 Å². The largest absolute Gasteiger partial charge is 0.492 e. The summed E-state index contributed by atoms with van der Waals surface area (Å²) in [5.41, 5.74) is 2.57. The summed E-state index contributed by atoms with van der Waals surface area (Å²) < 4.78 is 16.6. The van der Waals surface area contributed by atoms with Gasteiger partial charge < -0.3 is 19.3 Å². The maximum Gasteiger partial charge on any atom is 0.167 e. The topological polar surface area (TPSA) is 47.9 Å². The van der Waals surface area contributed by atoms with Gasteiger partial charge in [0.1, 0.15) is 12.4 Å². The van der Waals surface area contributed by atoms with Gasteiger partial charge in [0.05, 0.1) is 20.8 Å². The van der Waals surface area contributed by atoms with Gasteiger partial charge in [0.15, 0.2) is 11.5 Å². The molecule has 0 saturated carbocycles. The number of hydrogen-bond donors (Lipinski definition) is 1. The molecule has 0 fully saturated rings. The van der Waals surface area contributed by atoms with Crippen molar-refractivity contribution in [2.45, 2.75) is 20.1 Å². The highest BCUT2D eigenvalue weighted by Gasteiger charge is 2.17. The Labute approximate surface area is 124 Å². The first-order valence-electron chi connectivity index (χ1n) is 6.73. The Balaban J connectivity index is 2.31. The van der Waals surface area contributed by atoms with E-state index in [1.54, 1.807) is 20.3 Å². The van der Waals surface area contributed by atoms with E-state index in [1.807, 2.05) is 37.3 Å². The van der Waals surface area contributed by atoms with Gasteiger partial charge in [0.2, 0.25) is 0 Å². The Hall–Kier alpha value is -2.20. The third kappa shape index (κ3) is 3.28. The second kappa shape index (κ2) is 6.99. The normalized spacial score (nSPS) is 10.3. The maximum atomic E-state index is 9.48. The minimum atomic E-state index is -0.137. The molecule has 0 unspecified atom stereocenters. The van der Waals surface area contributed by atoms with Crippen LogP contribution in [-0.2, 0) is 13.2 Å². The fraction of sp³-hybridized carbons (Fsp3) is 0.294. The van der Waals surface area contributed by atoms with E-state index >= 15 is 0 Å². The predicted octanol–water partition coefficient (Wildman–Crippen LogP) is 3.08. The second-order valence-electron chi connectivity index (χ2n) is 4.66. The number of rotatable bonds is 6. The fourth-order valence-corrected chi connectivity index (χ4v) is 2.23. The van der Waals surface area contributed by atoms with E-state index in [0.29, 0.717) is 29.4 Å². The fourth-order valence-electron chi connectivity index (χ4n) is 2.23. The van der Waals surface area contributed by atoms with Gasteiger partial charge in [-0.25, -0.2) is 0 Å². The summed E-state index contributed by atoms with van der Waals surface area (Å²) in [6.45, 7) is 2.23. The summed E-state index contributed by atoms with van der Waals surface area (Å²) in [6.07, 6.45) is 0. The monoisotopic (exact) mass is 288 g/mol. The first-order chi connectivity index (χ1) is 10.2. The molecule has 1 N–H and O–H groups in total. The Bertz CT molecular complexity index is 593. The molecule has 2 aromatic rings. The number of benzene rings is 2.